The monoisotopic (exact) mass is 359 g/mol. The molecule has 0 bridgehead atoms. The van der Waals surface area contributed by atoms with E-state index in [0.29, 0.717) is 0 Å². The Labute approximate surface area is 151 Å². The van der Waals surface area contributed by atoms with Gasteiger partial charge in [0.1, 0.15) is 0 Å². The van der Waals surface area contributed by atoms with Crippen molar-refractivity contribution in [1.29, 1.82) is 0 Å². The topological polar surface area (TPSA) is 29.4 Å². The highest BCUT2D eigenvalue weighted by Gasteiger charge is 2.10. The molecule has 130 valence electrons. The maximum atomic E-state index is 5.37. The van der Waals surface area contributed by atoms with Crippen LogP contribution in [0.5, 0.6) is 0 Å². The number of rotatable bonds is 6. The molecule has 1 aliphatic rings. The molecule has 1 aromatic carbocycles. The van der Waals surface area contributed by atoms with Crippen molar-refractivity contribution in [2.45, 2.75) is 20.0 Å². The lowest BCUT2D eigenvalue weighted by atomic mass is 10.2. The van der Waals surface area contributed by atoms with E-state index in [1.54, 1.807) is 0 Å². The van der Waals surface area contributed by atoms with Crippen molar-refractivity contribution >= 4 is 35.7 Å². The molecule has 0 atom stereocenters. The SMILES string of the molecule is CCn1cc(CNCCN2CCOCC2)c2ccccc21.Cl.Cl. The van der Waals surface area contributed by atoms with Crippen LogP contribution in [0.15, 0.2) is 30.5 Å². The zero-order valence-electron chi connectivity index (χ0n) is 13.7. The van der Waals surface area contributed by atoms with Crippen molar-refractivity contribution in [2.75, 3.05) is 39.4 Å². The molecule has 0 spiro atoms. The van der Waals surface area contributed by atoms with Gasteiger partial charge in [-0.15, -0.1) is 24.8 Å². The fourth-order valence-corrected chi connectivity index (χ4v) is 3.01. The van der Waals surface area contributed by atoms with E-state index in [-0.39, 0.29) is 24.8 Å². The van der Waals surface area contributed by atoms with Crippen LogP contribution in [0.25, 0.3) is 10.9 Å². The smallest absolute Gasteiger partial charge is 0.0594 e. The minimum atomic E-state index is 0. The number of halogens is 2. The molecule has 1 fully saturated rings. The number of aryl methyl sites for hydroxylation is 1. The van der Waals surface area contributed by atoms with Crippen LogP contribution >= 0.6 is 24.8 Å². The molecular formula is C17H27Cl2N3O. The van der Waals surface area contributed by atoms with Gasteiger partial charge in [0.05, 0.1) is 13.2 Å². The molecule has 2 aromatic rings. The van der Waals surface area contributed by atoms with E-state index in [1.165, 1.54) is 16.5 Å². The van der Waals surface area contributed by atoms with Gasteiger partial charge in [0.2, 0.25) is 0 Å². The maximum absolute atomic E-state index is 5.37. The van der Waals surface area contributed by atoms with E-state index in [4.69, 9.17) is 4.74 Å². The lowest BCUT2D eigenvalue weighted by Gasteiger charge is -2.26. The first-order valence-electron chi connectivity index (χ1n) is 7.96. The predicted molar refractivity (Wildman–Crippen MR) is 101 cm³/mol. The number of nitrogens with zero attached hydrogens (tertiary/aromatic N) is 2. The Morgan fingerprint density at radius 2 is 1.87 bits per heavy atom. The third-order valence-electron chi connectivity index (χ3n) is 4.24. The molecule has 1 aromatic heterocycles. The van der Waals surface area contributed by atoms with E-state index in [0.717, 1.165) is 52.5 Å². The molecule has 2 heterocycles. The maximum Gasteiger partial charge on any atom is 0.0594 e. The molecule has 0 amide bonds. The van der Waals surface area contributed by atoms with Crippen molar-refractivity contribution < 1.29 is 4.74 Å². The van der Waals surface area contributed by atoms with E-state index < -0.39 is 0 Å². The summed E-state index contributed by atoms with van der Waals surface area (Å²) in [6, 6.07) is 8.67. The van der Waals surface area contributed by atoms with Crippen LogP contribution in [0.4, 0.5) is 0 Å². The Hall–Kier alpha value is -0.780. The van der Waals surface area contributed by atoms with Gasteiger partial charge in [0.15, 0.2) is 0 Å². The highest BCUT2D eigenvalue weighted by Crippen LogP contribution is 2.21. The molecule has 0 aliphatic carbocycles. The fourth-order valence-electron chi connectivity index (χ4n) is 3.01. The molecule has 6 heteroatoms. The fraction of sp³-hybridized carbons (Fsp3) is 0.529. The van der Waals surface area contributed by atoms with Crippen LogP contribution in [0.2, 0.25) is 0 Å². The molecule has 0 radical (unpaired) electrons. The number of benzene rings is 1. The van der Waals surface area contributed by atoms with Crippen molar-refractivity contribution in [3.8, 4) is 0 Å². The van der Waals surface area contributed by atoms with Crippen LogP contribution in [-0.2, 0) is 17.8 Å². The predicted octanol–water partition coefficient (Wildman–Crippen LogP) is 2.93. The summed E-state index contributed by atoms with van der Waals surface area (Å²) in [6.07, 6.45) is 2.28. The van der Waals surface area contributed by atoms with Crippen molar-refractivity contribution in [2.24, 2.45) is 0 Å². The Morgan fingerprint density at radius 1 is 1.13 bits per heavy atom. The normalized spacial score (nSPS) is 15.2. The lowest BCUT2D eigenvalue weighted by Crippen LogP contribution is -2.40. The summed E-state index contributed by atoms with van der Waals surface area (Å²) in [5.41, 5.74) is 2.74. The number of ether oxygens (including phenoxy) is 1. The van der Waals surface area contributed by atoms with Gasteiger partial charge < -0.3 is 14.6 Å². The third-order valence-corrected chi connectivity index (χ3v) is 4.24. The molecule has 23 heavy (non-hydrogen) atoms. The standard InChI is InChI=1S/C17H25N3O.2ClH/c1-2-20-14-15(16-5-3-4-6-17(16)20)13-18-7-8-19-9-11-21-12-10-19;;/h3-6,14,18H,2,7-13H2,1H3;2*1H. The van der Waals surface area contributed by atoms with Gasteiger partial charge in [-0.3, -0.25) is 4.90 Å². The Bertz CT molecular complexity index is 582. The van der Waals surface area contributed by atoms with E-state index in [1.807, 2.05) is 0 Å². The Balaban J connectivity index is 0.00000132. The number of para-hydroxylation sites is 1. The zero-order chi connectivity index (χ0) is 14.5. The quantitative estimate of drug-likeness (QED) is 0.804. The number of hydrogen-bond acceptors (Lipinski definition) is 3. The molecule has 1 saturated heterocycles. The van der Waals surface area contributed by atoms with Crippen molar-refractivity contribution in [3.63, 3.8) is 0 Å². The van der Waals surface area contributed by atoms with E-state index >= 15 is 0 Å². The first kappa shape index (κ1) is 20.3. The minimum Gasteiger partial charge on any atom is -0.379 e. The summed E-state index contributed by atoms with van der Waals surface area (Å²) in [5.74, 6) is 0. The number of aromatic nitrogens is 1. The second kappa shape index (κ2) is 10.2. The summed E-state index contributed by atoms with van der Waals surface area (Å²) >= 11 is 0. The van der Waals surface area contributed by atoms with E-state index in [9.17, 15) is 0 Å². The highest BCUT2D eigenvalue weighted by atomic mass is 35.5. The van der Waals surface area contributed by atoms with Gasteiger partial charge in [0, 0.05) is 56.4 Å². The molecule has 3 rings (SSSR count). The Kier molecular flexibility index (Phi) is 8.95. The van der Waals surface area contributed by atoms with Crippen LogP contribution in [0.3, 0.4) is 0 Å². The van der Waals surface area contributed by atoms with Gasteiger partial charge in [-0.05, 0) is 18.6 Å². The molecule has 0 unspecified atom stereocenters. The van der Waals surface area contributed by atoms with Crippen LogP contribution in [0.1, 0.15) is 12.5 Å². The van der Waals surface area contributed by atoms with Gasteiger partial charge in [0.25, 0.3) is 0 Å². The number of fused-ring (bicyclic) bond motifs is 1. The van der Waals surface area contributed by atoms with Gasteiger partial charge in [-0.1, -0.05) is 18.2 Å². The van der Waals surface area contributed by atoms with Crippen molar-refractivity contribution in [1.82, 2.24) is 14.8 Å². The molecule has 1 aliphatic heterocycles. The van der Waals surface area contributed by atoms with E-state index in [2.05, 4.69) is 52.2 Å². The first-order chi connectivity index (χ1) is 10.4. The highest BCUT2D eigenvalue weighted by molar-refractivity contribution is 5.85. The van der Waals surface area contributed by atoms with Crippen LogP contribution in [0, 0.1) is 0 Å². The summed E-state index contributed by atoms with van der Waals surface area (Å²) in [6.45, 7) is 10.2. The number of morpholine rings is 1. The molecule has 4 nitrogen and oxygen atoms in total. The number of nitrogens with one attached hydrogen (secondary N) is 1. The van der Waals surface area contributed by atoms with Crippen LogP contribution in [-0.4, -0.2) is 48.9 Å². The van der Waals surface area contributed by atoms with Gasteiger partial charge >= 0.3 is 0 Å². The summed E-state index contributed by atoms with van der Waals surface area (Å²) in [7, 11) is 0. The average Bonchev–Trinajstić information content (AvgIpc) is 2.91. The summed E-state index contributed by atoms with van der Waals surface area (Å²) in [4.78, 5) is 2.46. The summed E-state index contributed by atoms with van der Waals surface area (Å²) < 4.78 is 7.70. The zero-order valence-corrected chi connectivity index (χ0v) is 15.3. The number of hydrogen-bond donors (Lipinski definition) is 1. The third kappa shape index (κ3) is 5.10. The van der Waals surface area contributed by atoms with Crippen molar-refractivity contribution in [3.05, 3.63) is 36.0 Å². The molecule has 0 saturated carbocycles. The van der Waals surface area contributed by atoms with Crippen LogP contribution < -0.4 is 5.32 Å². The molecular weight excluding hydrogens is 333 g/mol. The van der Waals surface area contributed by atoms with Gasteiger partial charge in [-0.2, -0.15) is 0 Å². The second-order valence-corrected chi connectivity index (χ2v) is 5.59. The first-order valence-corrected chi connectivity index (χ1v) is 7.96. The lowest BCUT2D eigenvalue weighted by molar-refractivity contribution is 0.0384. The molecule has 1 N–H and O–H groups in total. The largest absolute Gasteiger partial charge is 0.379 e. The Morgan fingerprint density at radius 3 is 2.61 bits per heavy atom. The average molecular weight is 360 g/mol. The minimum absolute atomic E-state index is 0. The second-order valence-electron chi connectivity index (χ2n) is 5.59. The summed E-state index contributed by atoms with van der Waals surface area (Å²) in [5, 5.41) is 4.96. The van der Waals surface area contributed by atoms with Gasteiger partial charge in [-0.25, -0.2) is 0 Å².